The van der Waals surface area contributed by atoms with Crippen LogP contribution in [0.4, 0.5) is 17.6 Å². The molecule has 1 aromatic heterocycles. The molecule has 0 saturated heterocycles. The van der Waals surface area contributed by atoms with Crippen LogP contribution in [0, 0.1) is 0 Å². The van der Waals surface area contributed by atoms with Crippen LogP contribution in [-0.4, -0.2) is 20.1 Å². The number of nitrogens with zero attached hydrogens (tertiary/aromatic N) is 3. The van der Waals surface area contributed by atoms with Crippen LogP contribution in [0.5, 0.6) is 5.75 Å². The monoisotopic (exact) mass is 353 g/mol. The van der Waals surface area contributed by atoms with Crippen LogP contribution in [-0.2, 0) is 3.79 Å². The molecule has 0 amide bonds. The molecule has 0 aliphatic carbocycles. The molecule has 10 heteroatoms. The molecule has 6 nitrogen and oxygen atoms in total. The van der Waals surface area contributed by atoms with Crippen LogP contribution in [0.15, 0.2) is 18.2 Å². The van der Waals surface area contributed by atoms with Crippen molar-refractivity contribution in [3.63, 3.8) is 0 Å². The zero-order valence-electron chi connectivity index (χ0n) is 9.61. The van der Waals surface area contributed by atoms with Gasteiger partial charge in [0.25, 0.3) is 0 Å². The van der Waals surface area contributed by atoms with E-state index in [1.807, 2.05) is 0 Å². The molecule has 0 bridgehead atoms. The number of phenolic OH excluding ortho intramolecular Hbond substituents is 1. The number of anilines is 3. The van der Waals surface area contributed by atoms with Gasteiger partial charge in [0.1, 0.15) is 5.75 Å². The lowest BCUT2D eigenvalue weighted by Crippen LogP contribution is -2.13. The summed E-state index contributed by atoms with van der Waals surface area (Å²) in [7, 11) is 0. The highest BCUT2D eigenvalue weighted by molar-refractivity contribution is 6.66. The third-order valence-electron chi connectivity index (χ3n) is 2.11. The number of hydrogen-bond donors (Lipinski definition) is 3. The van der Waals surface area contributed by atoms with Crippen molar-refractivity contribution in [3.8, 4) is 5.75 Å². The second-order valence-electron chi connectivity index (χ2n) is 3.63. The molecule has 2 rings (SSSR count). The van der Waals surface area contributed by atoms with E-state index in [-0.39, 0.29) is 23.5 Å². The Kier molecular flexibility index (Phi) is 4.29. The van der Waals surface area contributed by atoms with Gasteiger partial charge in [-0.15, -0.1) is 0 Å². The number of nitrogen functional groups attached to an aromatic ring is 1. The van der Waals surface area contributed by atoms with Crippen LogP contribution in [0.1, 0.15) is 5.82 Å². The predicted octanol–water partition coefficient (Wildman–Crippen LogP) is 3.38. The molecule has 0 radical (unpaired) electrons. The second kappa shape index (κ2) is 5.65. The maximum Gasteiger partial charge on any atom is 0.250 e. The summed E-state index contributed by atoms with van der Waals surface area (Å²) >= 11 is 22.8. The molecular weight excluding hydrogens is 348 g/mol. The molecule has 4 N–H and O–H groups in total. The molecule has 0 aliphatic rings. The van der Waals surface area contributed by atoms with Crippen molar-refractivity contribution in [3.05, 3.63) is 29.0 Å². The number of alkyl halides is 3. The van der Waals surface area contributed by atoms with Crippen molar-refractivity contribution in [1.29, 1.82) is 0 Å². The minimum absolute atomic E-state index is 0.0245. The molecule has 1 aromatic carbocycles. The van der Waals surface area contributed by atoms with Crippen molar-refractivity contribution < 1.29 is 5.11 Å². The number of nitrogens with one attached hydrogen (secondary N) is 1. The number of rotatable bonds is 2. The maximum absolute atomic E-state index is 9.72. The normalized spacial score (nSPS) is 11.4. The van der Waals surface area contributed by atoms with Gasteiger partial charge < -0.3 is 16.2 Å². The molecule has 20 heavy (non-hydrogen) atoms. The Hall–Kier alpha value is -1.21. The fourth-order valence-corrected chi connectivity index (χ4v) is 1.73. The highest BCUT2D eigenvalue weighted by Crippen LogP contribution is 2.36. The third-order valence-corrected chi connectivity index (χ3v) is 2.85. The van der Waals surface area contributed by atoms with Gasteiger partial charge in [-0.2, -0.15) is 15.0 Å². The van der Waals surface area contributed by atoms with Gasteiger partial charge in [0.15, 0.2) is 5.82 Å². The molecule has 0 spiro atoms. The van der Waals surface area contributed by atoms with Gasteiger partial charge in [-0.3, -0.25) is 0 Å². The number of nitrogens with two attached hydrogens (primary N) is 1. The lowest BCUT2D eigenvalue weighted by molar-refractivity contribution is 0.477. The van der Waals surface area contributed by atoms with E-state index in [0.717, 1.165) is 0 Å². The van der Waals surface area contributed by atoms with Gasteiger partial charge in [-0.05, 0) is 12.1 Å². The van der Waals surface area contributed by atoms with E-state index in [2.05, 4.69) is 20.3 Å². The van der Waals surface area contributed by atoms with Crippen molar-refractivity contribution in [2.75, 3.05) is 11.1 Å². The highest BCUT2D eigenvalue weighted by Gasteiger charge is 2.28. The number of halogens is 4. The molecular formula is C10H7Cl4N5O. The van der Waals surface area contributed by atoms with Gasteiger partial charge in [0.05, 0.1) is 5.69 Å². The lowest BCUT2D eigenvalue weighted by Gasteiger charge is -2.12. The maximum atomic E-state index is 9.72. The number of benzene rings is 1. The Bertz CT molecular complexity index is 646. The van der Waals surface area contributed by atoms with Gasteiger partial charge >= 0.3 is 0 Å². The highest BCUT2D eigenvalue weighted by atomic mass is 35.6. The van der Waals surface area contributed by atoms with E-state index in [1.54, 1.807) is 6.07 Å². The van der Waals surface area contributed by atoms with Crippen molar-refractivity contribution in [2.45, 2.75) is 3.79 Å². The fraction of sp³-hybridized carbons (Fsp3) is 0.100. The quantitative estimate of drug-likeness (QED) is 0.565. The summed E-state index contributed by atoms with van der Waals surface area (Å²) in [5, 5.41) is 12.8. The summed E-state index contributed by atoms with van der Waals surface area (Å²) in [5.41, 5.74) is 5.83. The molecule has 106 valence electrons. The fourth-order valence-electron chi connectivity index (χ4n) is 1.31. The zero-order valence-corrected chi connectivity index (χ0v) is 12.6. The summed E-state index contributed by atoms with van der Waals surface area (Å²) in [5.74, 6) is -0.327. The Balaban J connectivity index is 2.36. The van der Waals surface area contributed by atoms with Crippen LogP contribution < -0.4 is 11.1 Å². The summed E-state index contributed by atoms with van der Waals surface area (Å²) in [6, 6.07) is 4.46. The summed E-state index contributed by atoms with van der Waals surface area (Å²) < 4.78 is -1.84. The average molecular weight is 355 g/mol. The van der Waals surface area contributed by atoms with Crippen molar-refractivity contribution in [1.82, 2.24) is 15.0 Å². The van der Waals surface area contributed by atoms with Gasteiger partial charge in [0.2, 0.25) is 15.7 Å². The average Bonchev–Trinajstić information content (AvgIpc) is 2.31. The topological polar surface area (TPSA) is 97.0 Å². The SMILES string of the molecule is Nc1nc(Nc2ccc(Cl)cc2O)nc(C(Cl)(Cl)Cl)n1. The standard InChI is InChI=1S/C10H7Cl4N5O/c11-4-1-2-5(6(20)3-4)16-9-18-7(10(12,13)14)17-8(15)19-9/h1-3,20H,(H3,15,16,17,18,19). The van der Waals surface area contributed by atoms with E-state index < -0.39 is 3.79 Å². The van der Waals surface area contributed by atoms with Crippen molar-refractivity contribution >= 4 is 64.0 Å². The smallest absolute Gasteiger partial charge is 0.250 e. The summed E-state index contributed by atoms with van der Waals surface area (Å²) in [6.07, 6.45) is 0. The minimum atomic E-state index is -1.84. The van der Waals surface area contributed by atoms with Gasteiger partial charge in [-0.1, -0.05) is 46.4 Å². The molecule has 0 aliphatic heterocycles. The minimum Gasteiger partial charge on any atom is -0.506 e. The zero-order chi connectivity index (χ0) is 14.9. The third kappa shape index (κ3) is 3.67. The molecule has 1 heterocycles. The number of phenols is 1. The Morgan fingerprint density at radius 2 is 1.85 bits per heavy atom. The summed E-state index contributed by atoms with van der Waals surface area (Å²) in [4.78, 5) is 11.5. The van der Waals surface area contributed by atoms with Crippen molar-refractivity contribution in [2.24, 2.45) is 0 Å². The van der Waals surface area contributed by atoms with E-state index >= 15 is 0 Å². The Morgan fingerprint density at radius 3 is 2.45 bits per heavy atom. The van der Waals surface area contributed by atoms with Crippen LogP contribution >= 0.6 is 46.4 Å². The van der Waals surface area contributed by atoms with Crippen LogP contribution in [0.25, 0.3) is 0 Å². The lowest BCUT2D eigenvalue weighted by atomic mass is 10.3. The molecule has 0 unspecified atom stereocenters. The molecule has 0 atom stereocenters. The molecule has 0 fully saturated rings. The summed E-state index contributed by atoms with van der Waals surface area (Å²) in [6.45, 7) is 0. The van der Waals surface area contributed by atoms with E-state index in [1.165, 1.54) is 12.1 Å². The first-order valence-corrected chi connectivity index (χ1v) is 6.61. The van der Waals surface area contributed by atoms with E-state index in [0.29, 0.717) is 10.7 Å². The Morgan fingerprint density at radius 1 is 1.15 bits per heavy atom. The van der Waals surface area contributed by atoms with E-state index in [4.69, 9.17) is 52.1 Å². The van der Waals surface area contributed by atoms with Gasteiger partial charge in [0, 0.05) is 11.1 Å². The van der Waals surface area contributed by atoms with Crippen LogP contribution in [0.3, 0.4) is 0 Å². The first-order chi connectivity index (χ1) is 9.25. The predicted molar refractivity (Wildman–Crippen MR) is 79.9 cm³/mol. The number of hydrogen-bond acceptors (Lipinski definition) is 6. The second-order valence-corrected chi connectivity index (χ2v) is 6.34. The molecule has 0 saturated carbocycles. The first-order valence-electron chi connectivity index (χ1n) is 5.10. The molecule has 2 aromatic rings. The number of aromatic nitrogens is 3. The largest absolute Gasteiger partial charge is 0.506 e. The first kappa shape index (κ1) is 15.2. The van der Waals surface area contributed by atoms with Crippen LogP contribution in [0.2, 0.25) is 5.02 Å². The number of aromatic hydroxyl groups is 1. The van der Waals surface area contributed by atoms with Gasteiger partial charge in [-0.25, -0.2) is 0 Å². The van der Waals surface area contributed by atoms with E-state index in [9.17, 15) is 5.11 Å². The Labute approximate surface area is 133 Å².